The Hall–Kier alpha value is -1.99. The van der Waals surface area contributed by atoms with Gasteiger partial charge in [-0.05, 0) is 13.0 Å². The first kappa shape index (κ1) is 13.4. The molecule has 0 spiro atoms. The second kappa shape index (κ2) is 5.77. The number of benzene rings is 1. The van der Waals surface area contributed by atoms with Crippen LogP contribution in [-0.4, -0.2) is 39.1 Å². The molecular weight excluding hydrogens is 250 g/mol. The molecule has 1 N–H and O–H groups in total. The van der Waals surface area contributed by atoms with Gasteiger partial charge in [0, 0.05) is 24.1 Å². The van der Waals surface area contributed by atoms with Gasteiger partial charge >= 0.3 is 0 Å². The van der Waals surface area contributed by atoms with Gasteiger partial charge in [0.1, 0.15) is 0 Å². The highest BCUT2D eigenvalue weighted by Gasteiger charge is 2.12. The summed E-state index contributed by atoms with van der Waals surface area (Å²) in [6, 6.07) is 4.53. The molecule has 0 amide bonds. The first-order valence-electron chi connectivity index (χ1n) is 5.97. The van der Waals surface area contributed by atoms with Crippen molar-refractivity contribution in [2.75, 3.05) is 13.2 Å². The van der Waals surface area contributed by atoms with E-state index >= 15 is 0 Å². The van der Waals surface area contributed by atoms with E-state index in [4.69, 9.17) is 4.74 Å². The molecule has 102 valence electrons. The molecule has 19 heavy (non-hydrogen) atoms. The van der Waals surface area contributed by atoms with Crippen molar-refractivity contribution in [3.8, 4) is 0 Å². The Kier molecular flexibility index (Phi) is 4.08. The summed E-state index contributed by atoms with van der Waals surface area (Å²) in [6.07, 6.45) is 0.925. The summed E-state index contributed by atoms with van der Waals surface area (Å²) in [4.78, 5) is 10.3. The average Bonchev–Trinajstić information content (AvgIpc) is 2.78. The number of nitro groups is 1. The van der Waals surface area contributed by atoms with Crippen molar-refractivity contribution in [1.82, 2.24) is 9.78 Å². The maximum absolute atomic E-state index is 10.7. The topological polar surface area (TPSA) is 90.4 Å². The van der Waals surface area contributed by atoms with E-state index in [2.05, 4.69) is 5.10 Å². The smallest absolute Gasteiger partial charge is 0.271 e. The maximum atomic E-state index is 10.7. The summed E-state index contributed by atoms with van der Waals surface area (Å²) in [6.45, 7) is 2.83. The van der Waals surface area contributed by atoms with Crippen LogP contribution >= 0.6 is 0 Å². The van der Waals surface area contributed by atoms with E-state index in [0.29, 0.717) is 12.1 Å². The molecule has 0 saturated heterocycles. The van der Waals surface area contributed by atoms with Crippen molar-refractivity contribution >= 4 is 16.6 Å². The third-order valence-electron chi connectivity index (χ3n) is 2.74. The fraction of sp³-hybridized carbons (Fsp3) is 0.417. The fourth-order valence-electron chi connectivity index (χ4n) is 1.82. The lowest BCUT2D eigenvalue weighted by atomic mass is 10.2. The molecule has 2 aromatic rings. The summed E-state index contributed by atoms with van der Waals surface area (Å²) in [7, 11) is 0. The van der Waals surface area contributed by atoms with Gasteiger partial charge < -0.3 is 9.84 Å². The number of nitro benzene ring substituents is 1. The molecule has 1 aromatic heterocycles. The largest absolute Gasteiger partial charge is 0.389 e. The molecule has 1 heterocycles. The minimum absolute atomic E-state index is 0.00791. The Morgan fingerprint density at radius 1 is 1.58 bits per heavy atom. The van der Waals surface area contributed by atoms with Crippen molar-refractivity contribution in [3.63, 3.8) is 0 Å². The first-order valence-corrected chi connectivity index (χ1v) is 5.97. The number of aliphatic hydroxyl groups excluding tert-OH is 1. The highest BCUT2D eigenvalue weighted by molar-refractivity contribution is 5.80. The minimum atomic E-state index is -0.692. The summed E-state index contributed by atoms with van der Waals surface area (Å²) in [5.41, 5.74) is 0.637. The standard InChI is InChI=1S/C12H15N3O4/c1-2-19-8-11(16)7-14-12-5-10(15(17)18)4-3-9(12)6-13-14/h3-6,11,16H,2,7-8H2,1H3. The van der Waals surface area contributed by atoms with Crippen LogP contribution in [0.5, 0.6) is 0 Å². The molecule has 1 unspecified atom stereocenters. The monoisotopic (exact) mass is 265 g/mol. The Balaban J connectivity index is 2.23. The van der Waals surface area contributed by atoms with Crippen molar-refractivity contribution in [2.45, 2.75) is 19.6 Å². The fourth-order valence-corrected chi connectivity index (χ4v) is 1.82. The van der Waals surface area contributed by atoms with Crippen LogP contribution < -0.4 is 0 Å². The maximum Gasteiger partial charge on any atom is 0.271 e. The van der Waals surface area contributed by atoms with E-state index in [1.165, 1.54) is 12.1 Å². The van der Waals surface area contributed by atoms with Crippen LogP contribution in [-0.2, 0) is 11.3 Å². The Bertz CT molecular complexity index is 581. The van der Waals surface area contributed by atoms with Crippen LogP contribution in [0.2, 0.25) is 0 Å². The Morgan fingerprint density at radius 2 is 2.37 bits per heavy atom. The molecule has 7 heteroatoms. The highest BCUT2D eigenvalue weighted by atomic mass is 16.6. The molecule has 0 saturated carbocycles. The van der Waals surface area contributed by atoms with Crippen LogP contribution in [0.25, 0.3) is 10.9 Å². The molecule has 1 atom stereocenters. The normalized spacial score (nSPS) is 12.7. The molecule has 1 aromatic carbocycles. The van der Waals surface area contributed by atoms with Gasteiger partial charge in [0.2, 0.25) is 0 Å². The lowest BCUT2D eigenvalue weighted by Gasteiger charge is -2.11. The van der Waals surface area contributed by atoms with Crippen LogP contribution in [0.4, 0.5) is 5.69 Å². The summed E-state index contributed by atoms with van der Waals surface area (Å²) >= 11 is 0. The van der Waals surface area contributed by atoms with Crippen LogP contribution in [0, 0.1) is 10.1 Å². The number of aromatic nitrogens is 2. The van der Waals surface area contributed by atoms with Crippen LogP contribution in [0.3, 0.4) is 0 Å². The second-order valence-corrected chi connectivity index (χ2v) is 4.14. The minimum Gasteiger partial charge on any atom is -0.389 e. The van der Waals surface area contributed by atoms with Gasteiger partial charge in [-0.1, -0.05) is 0 Å². The van der Waals surface area contributed by atoms with Crippen molar-refractivity contribution in [1.29, 1.82) is 0 Å². The summed E-state index contributed by atoms with van der Waals surface area (Å²) in [5, 5.41) is 25.4. The van der Waals surface area contributed by atoms with Crippen LogP contribution in [0.15, 0.2) is 24.4 Å². The first-order chi connectivity index (χ1) is 9.11. The third-order valence-corrected chi connectivity index (χ3v) is 2.74. The van der Waals surface area contributed by atoms with E-state index in [1.807, 2.05) is 6.92 Å². The number of ether oxygens (including phenoxy) is 1. The number of nitrogens with zero attached hydrogens (tertiary/aromatic N) is 3. The molecule has 0 aliphatic rings. The van der Waals surface area contributed by atoms with Gasteiger partial charge in [0.05, 0.1) is 35.9 Å². The average molecular weight is 265 g/mol. The van der Waals surface area contributed by atoms with E-state index in [9.17, 15) is 15.2 Å². The SMILES string of the molecule is CCOCC(O)Cn1ncc2ccc([N+](=O)[O-])cc21. The van der Waals surface area contributed by atoms with Gasteiger partial charge in [0.15, 0.2) is 0 Å². The quantitative estimate of drug-likeness (QED) is 0.628. The molecule has 2 rings (SSSR count). The number of rotatable bonds is 6. The summed E-state index contributed by atoms with van der Waals surface area (Å²) < 4.78 is 6.67. The van der Waals surface area contributed by atoms with Gasteiger partial charge in [0.25, 0.3) is 5.69 Å². The molecule has 7 nitrogen and oxygen atoms in total. The van der Waals surface area contributed by atoms with Crippen molar-refractivity contribution < 1.29 is 14.8 Å². The molecule has 0 radical (unpaired) electrons. The van der Waals surface area contributed by atoms with E-state index in [-0.39, 0.29) is 18.8 Å². The third kappa shape index (κ3) is 3.07. The van der Waals surface area contributed by atoms with E-state index < -0.39 is 11.0 Å². The van der Waals surface area contributed by atoms with Gasteiger partial charge in [-0.25, -0.2) is 0 Å². The molecule has 0 fully saturated rings. The number of hydrogen-bond acceptors (Lipinski definition) is 5. The number of non-ortho nitro benzene ring substituents is 1. The second-order valence-electron chi connectivity index (χ2n) is 4.14. The Labute approximate surface area is 109 Å². The molecule has 0 bridgehead atoms. The molecular formula is C12H15N3O4. The lowest BCUT2D eigenvalue weighted by Crippen LogP contribution is -2.22. The molecule has 0 aliphatic heterocycles. The van der Waals surface area contributed by atoms with E-state index in [0.717, 1.165) is 5.39 Å². The molecule has 0 aliphatic carbocycles. The van der Waals surface area contributed by atoms with E-state index in [1.54, 1.807) is 16.9 Å². The van der Waals surface area contributed by atoms with Gasteiger partial charge in [-0.3, -0.25) is 14.8 Å². The zero-order valence-electron chi connectivity index (χ0n) is 10.5. The summed E-state index contributed by atoms with van der Waals surface area (Å²) in [5.74, 6) is 0. The van der Waals surface area contributed by atoms with Crippen molar-refractivity contribution in [3.05, 3.63) is 34.5 Å². The zero-order valence-corrected chi connectivity index (χ0v) is 10.5. The van der Waals surface area contributed by atoms with Crippen molar-refractivity contribution in [2.24, 2.45) is 0 Å². The number of hydrogen-bond donors (Lipinski definition) is 1. The lowest BCUT2D eigenvalue weighted by molar-refractivity contribution is -0.384. The highest BCUT2D eigenvalue weighted by Crippen LogP contribution is 2.20. The zero-order chi connectivity index (χ0) is 13.8. The van der Waals surface area contributed by atoms with Crippen LogP contribution in [0.1, 0.15) is 6.92 Å². The predicted octanol–water partition coefficient (Wildman–Crippen LogP) is 1.34. The number of aliphatic hydroxyl groups is 1. The Morgan fingerprint density at radius 3 is 3.05 bits per heavy atom. The predicted molar refractivity (Wildman–Crippen MR) is 68.9 cm³/mol. The number of fused-ring (bicyclic) bond motifs is 1. The van der Waals surface area contributed by atoms with Gasteiger partial charge in [-0.15, -0.1) is 0 Å². The van der Waals surface area contributed by atoms with Gasteiger partial charge in [-0.2, -0.15) is 5.10 Å².